The highest BCUT2D eigenvalue weighted by molar-refractivity contribution is 7.08. The maximum atomic E-state index is 12.1. The smallest absolute Gasteiger partial charge is 0.252 e. The molecule has 0 spiro atoms. The van der Waals surface area contributed by atoms with Crippen molar-refractivity contribution in [1.29, 1.82) is 0 Å². The number of thiophene rings is 1. The summed E-state index contributed by atoms with van der Waals surface area (Å²) in [7, 11) is 1.63. The minimum absolute atomic E-state index is 0.00699. The fraction of sp³-hybridized carbons (Fsp3) is 0.368. The fourth-order valence-electron chi connectivity index (χ4n) is 2.47. The van der Waals surface area contributed by atoms with E-state index in [-0.39, 0.29) is 17.9 Å². The molecule has 1 heterocycles. The Morgan fingerprint density at radius 2 is 1.96 bits per heavy atom. The van der Waals surface area contributed by atoms with Gasteiger partial charge in [0.2, 0.25) is 5.91 Å². The van der Waals surface area contributed by atoms with Crippen LogP contribution in [0, 0.1) is 0 Å². The SMILES string of the molecule is CCC(NC(=O)CCCNC(=O)c1ccsc1)c1ccc(OC)cc1. The summed E-state index contributed by atoms with van der Waals surface area (Å²) in [5.41, 5.74) is 1.72. The normalized spacial score (nSPS) is 11.6. The van der Waals surface area contributed by atoms with Crippen LogP contribution in [-0.4, -0.2) is 25.5 Å². The van der Waals surface area contributed by atoms with Gasteiger partial charge < -0.3 is 15.4 Å². The van der Waals surface area contributed by atoms with Crippen LogP contribution >= 0.6 is 11.3 Å². The first-order valence-corrected chi connectivity index (χ1v) is 9.32. The average Bonchev–Trinajstić information content (AvgIpc) is 3.18. The van der Waals surface area contributed by atoms with Crippen molar-refractivity contribution in [1.82, 2.24) is 10.6 Å². The Kier molecular flexibility index (Phi) is 7.47. The summed E-state index contributed by atoms with van der Waals surface area (Å²) < 4.78 is 5.15. The molecule has 1 aromatic heterocycles. The number of benzene rings is 1. The van der Waals surface area contributed by atoms with Gasteiger partial charge in [-0.05, 0) is 42.0 Å². The van der Waals surface area contributed by atoms with Crippen LogP contribution in [0.1, 0.15) is 48.1 Å². The van der Waals surface area contributed by atoms with Crippen LogP contribution in [0.2, 0.25) is 0 Å². The van der Waals surface area contributed by atoms with Crippen LogP contribution in [0.25, 0.3) is 0 Å². The summed E-state index contributed by atoms with van der Waals surface area (Å²) in [6.45, 7) is 2.53. The third-order valence-corrected chi connectivity index (χ3v) is 4.59. The molecule has 5 nitrogen and oxygen atoms in total. The minimum atomic E-state index is -0.0914. The van der Waals surface area contributed by atoms with Crippen molar-refractivity contribution in [2.24, 2.45) is 0 Å². The zero-order valence-corrected chi connectivity index (χ0v) is 15.4. The second-order valence-electron chi connectivity index (χ2n) is 5.67. The van der Waals surface area contributed by atoms with Gasteiger partial charge in [0.1, 0.15) is 5.75 Å². The standard InChI is InChI=1S/C19H24N2O3S/c1-3-17(14-6-8-16(24-2)9-7-14)21-18(22)5-4-11-20-19(23)15-10-12-25-13-15/h6-10,12-13,17H,3-5,11H2,1-2H3,(H,20,23)(H,21,22). The third kappa shape index (κ3) is 5.90. The summed E-state index contributed by atoms with van der Waals surface area (Å²) in [5, 5.41) is 9.55. The minimum Gasteiger partial charge on any atom is -0.497 e. The summed E-state index contributed by atoms with van der Waals surface area (Å²) in [6.07, 6.45) is 1.81. The van der Waals surface area contributed by atoms with Gasteiger partial charge in [-0.2, -0.15) is 11.3 Å². The molecule has 0 radical (unpaired) electrons. The molecule has 0 aliphatic heterocycles. The molecule has 134 valence electrons. The zero-order valence-electron chi connectivity index (χ0n) is 14.6. The first kappa shape index (κ1) is 19.0. The molecular formula is C19H24N2O3S. The summed E-state index contributed by atoms with van der Waals surface area (Å²) >= 11 is 1.49. The third-order valence-electron chi connectivity index (χ3n) is 3.91. The lowest BCUT2D eigenvalue weighted by atomic mass is 10.0. The van der Waals surface area contributed by atoms with Crippen molar-refractivity contribution in [2.45, 2.75) is 32.2 Å². The van der Waals surface area contributed by atoms with E-state index in [0.29, 0.717) is 24.9 Å². The molecule has 2 N–H and O–H groups in total. The molecule has 0 saturated heterocycles. The number of amides is 2. The van der Waals surface area contributed by atoms with E-state index in [1.807, 2.05) is 41.9 Å². The Morgan fingerprint density at radius 3 is 2.56 bits per heavy atom. The van der Waals surface area contributed by atoms with Crippen LogP contribution in [0.4, 0.5) is 0 Å². The molecule has 1 aromatic carbocycles. The highest BCUT2D eigenvalue weighted by atomic mass is 32.1. The number of ether oxygens (including phenoxy) is 1. The summed E-state index contributed by atoms with van der Waals surface area (Å²) in [4.78, 5) is 23.9. The number of carbonyl (C=O) groups is 2. The van der Waals surface area contributed by atoms with Crippen molar-refractivity contribution in [3.8, 4) is 5.75 Å². The first-order chi connectivity index (χ1) is 12.1. The van der Waals surface area contributed by atoms with Gasteiger partial charge in [-0.3, -0.25) is 9.59 Å². The number of hydrogen-bond donors (Lipinski definition) is 2. The van der Waals surface area contributed by atoms with E-state index in [4.69, 9.17) is 4.74 Å². The highest BCUT2D eigenvalue weighted by Crippen LogP contribution is 2.20. The van der Waals surface area contributed by atoms with Crippen molar-refractivity contribution in [3.63, 3.8) is 0 Å². The molecule has 25 heavy (non-hydrogen) atoms. The van der Waals surface area contributed by atoms with Gasteiger partial charge >= 0.3 is 0 Å². The number of hydrogen-bond acceptors (Lipinski definition) is 4. The Labute approximate surface area is 152 Å². The lowest BCUT2D eigenvalue weighted by Crippen LogP contribution is -2.29. The molecule has 1 atom stereocenters. The molecule has 6 heteroatoms. The topological polar surface area (TPSA) is 67.4 Å². The summed E-state index contributed by atoms with van der Waals surface area (Å²) in [5.74, 6) is 0.699. The van der Waals surface area contributed by atoms with Crippen molar-refractivity contribution >= 4 is 23.2 Å². The second-order valence-corrected chi connectivity index (χ2v) is 6.45. The van der Waals surface area contributed by atoms with E-state index >= 15 is 0 Å². The Morgan fingerprint density at radius 1 is 1.20 bits per heavy atom. The van der Waals surface area contributed by atoms with Gasteiger partial charge in [0.05, 0.1) is 13.2 Å². The van der Waals surface area contributed by atoms with Gasteiger partial charge in [-0.25, -0.2) is 0 Å². The van der Waals surface area contributed by atoms with Crippen molar-refractivity contribution in [3.05, 3.63) is 52.2 Å². The van der Waals surface area contributed by atoms with E-state index in [1.165, 1.54) is 11.3 Å². The zero-order chi connectivity index (χ0) is 18.1. The largest absolute Gasteiger partial charge is 0.497 e. The maximum Gasteiger partial charge on any atom is 0.252 e. The molecule has 2 amide bonds. The molecular weight excluding hydrogens is 336 g/mol. The van der Waals surface area contributed by atoms with Gasteiger partial charge in [0, 0.05) is 23.9 Å². The van der Waals surface area contributed by atoms with Crippen LogP contribution < -0.4 is 15.4 Å². The molecule has 1 unspecified atom stereocenters. The van der Waals surface area contributed by atoms with Gasteiger partial charge in [-0.1, -0.05) is 19.1 Å². The number of rotatable bonds is 9. The predicted molar refractivity (Wildman–Crippen MR) is 100 cm³/mol. The van der Waals surface area contributed by atoms with Gasteiger partial charge in [0.15, 0.2) is 0 Å². The molecule has 0 fully saturated rings. The van der Waals surface area contributed by atoms with Crippen molar-refractivity contribution in [2.75, 3.05) is 13.7 Å². The van der Waals surface area contributed by atoms with E-state index in [2.05, 4.69) is 10.6 Å². The highest BCUT2D eigenvalue weighted by Gasteiger charge is 2.13. The van der Waals surface area contributed by atoms with E-state index < -0.39 is 0 Å². The lowest BCUT2D eigenvalue weighted by Gasteiger charge is -2.18. The molecule has 2 aromatic rings. The maximum absolute atomic E-state index is 12.1. The van der Waals surface area contributed by atoms with Crippen LogP contribution in [0.15, 0.2) is 41.1 Å². The Balaban J connectivity index is 1.73. The molecule has 0 aliphatic carbocycles. The monoisotopic (exact) mass is 360 g/mol. The van der Waals surface area contributed by atoms with Gasteiger partial charge in [-0.15, -0.1) is 0 Å². The van der Waals surface area contributed by atoms with Crippen molar-refractivity contribution < 1.29 is 14.3 Å². The Bertz CT molecular complexity index is 668. The van der Waals surface area contributed by atoms with Crippen LogP contribution in [0.5, 0.6) is 5.75 Å². The molecule has 0 bridgehead atoms. The summed E-state index contributed by atoms with van der Waals surface area (Å²) in [6, 6.07) is 9.49. The predicted octanol–water partition coefficient (Wildman–Crippen LogP) is 3.53. The average molecular weight is 360 g/mol. The van der Waals surface area contributed by atoms with Crippen LogP contribution in [0.3, 0.4) is 0 Å². The molecule has 0 aliphatic rings. The second kappa shape index (κ2) is 9.84. The first-order valence-electron chi connectivity index (χ1n) is 8.37. The lowest BCUT2D eigenvalue weighted by molar-refractivity contribution is -0.122. The van der Waals surface area contributed by atoms with Crippen LogP contribution in [-0.2, 0) is 4.79 Å². The molecule has 2 rings (SSSR count). The van der Waals surface area contributed by atoms with E-state index in [9.17, 15) is 9.59 Å². The fourth-order valence-corrected chi connectivity index (χ4v) is 3.11. The quantitative estimate of drug-likeness (QED) is 0.672. The Hall–Kier alpha value is -2.34. The number of nitrogens with one attached hydrogen (secondary N) is 2. The van der Waals surface area contributed by atoms with E-state index in [0.717, 1.165) is 17.7 Å². The number of methoxy groups -OCH3 is 1. The van der Waals surface area contributed by atoms with E-state index in [1.54, 1.807) is 13.2 Å². The molecule has 0 saturated carbocycles. The number of carbonyl (C=O) groups excluding carboxylic acids is 2. The van der Waals surface area contributed by atoms with Gasteiger partial charge in [0.25, 0.3) is 5.91 Å².